The van der Waals surface area contributed by atoms with Crippen LogP contribution in [0.15, 0.2) is 18.2 Å². The average molecular weight is 382 g/mol. The van der Waals surface area contributed by atoms with Crippen LogP contribution in [0.5, 0.6) is 0 Å². The van der Waals surface area contributed by atoms with Crippen molar-refractivity contribution in [1.29, 1.82) is 0 Å². The largest absolute Gasteiger partial charge is 0.336 e. The molecule has 2 amide bonds. The van der Waals surface area contributed by atoms with Crippen molar-refractivity contribution in [3.05, 3.63) is 29.3 Å². The molecule has 1 aromatic rings. The molecular formula is C20H32ClN3O2. The minimum absolute atomic E-state index is 0. The van der Waals surface area contributed by atoms with Crippen LogP contribution in [0.1, 0.15) is 37.3 Å². The Morgan fingerprint density at radius 2 is 2.08 bits per heavy atom. The second-order valence-corrected chi connectivity index (χ2v) is 7.33. The summed E-state index contributed by atoms with van der Waals surface area (Å²) < 4.78 is 0. The van der Waals surface area contributed by atoms with Gasteiger partial charge in [0.25, 0.3) is 0 Å². The highest BCUT2D eigenvalue weighted by atomic mass is 35.5. The van der Waals surface area contributed by atoms with E-state index in [1.807, 2.05) is 32.0 Å². The van der Waals surface area contributed by atoms with Gasteiger partial charge in [-0.05, 0) is 68.8 Å². The Balaban J connectivity index is 0.00000338. The van der Waals surface area contributed by atoms with Crippen molar-refractivity contribution in [3.63, 3.8) is 0 Å². The quantitative estimate of drug-likeness (QED) is 0.795. The SMILES string of the molecule is Cc1cccc(NC(=O)CN(C)C(=O)CC(C)C2CCCNC2)c1C.Cl. The highest BCUT2D eigenvalue weighted by Crippen LogP contribution is 2.23. The first kappa shape index (κ1) is 22.5. The third kappa shape index (κ3) is 6.29. The molecule has 1 aliphatic rings. The summed E-state index contributed by atoms with van der Waals surface area (Å²) in [6.45, 7) is 8.30. The summed E-state index contributed by atoms with van der Waals surface area (Å²) in [4.78, 5) is 26.2. The minimum Gasteiger partial charge on any atom is -0.336 e. The van der Waals surface area contributed by atoms with Crippen LogP contribution < -0.4 is 10.6 Å². The standard InChI is InChI=1S/C20H31N3O2.ClH/c1-14-7-5-9-18(16(14)3)22-19(24)13-23(4)20(25)11-15(2)17-8-6-10-21-12-17;/h5,7,9,15,17,21H,6,8,10-13H2,1-4H3,(H,22,24);1H. The third-order valence-electron chi connectivity index (χ3n) is 5.32. The highest BCUT2D eigenvalue weighted by Gasteiger charge is 2.24. The van der Waals surface area contributed by atoms with Gasteiger partial charge in [0.1, 0.15) is 0 Å². The lowest BCUT2D eigenvalue weighted by molar-refractivity contribution is -0.134. The Bertz CT molecular complexity index is 615. The van der Waals surface area contributed by atoms with Gasteiger partial charge in [0.15, 0.2) is 0 Å². The van der Waals surface area contributed by atoms with Crippen LogP contribution in [0, 0.1) is 25.7 Å². The number of carbonyl (C=O) groups is 2. The molecule has 2 unspecified atom stereocenters. The number of nitrogens with one attached hydrogen (secondary N) is 2. The molecule has 2 N–H and O–H groups in total. The van der Waals surface area contributed by atoms with Crippen molar-refractivity contribution in [2.45, 2.75) is 40.0 Å². The lowest BCUT2D eigenvalue weighted by Crippen LogP contribution is -2.38. The Kier molecular flexibility index (Phi) is 9.09. The number of hydrogen-bond acceptors (Lipinski definition) is 3. The molecule has 1 aromatic carbocycles. The molecule has 5 nitrogen and oxygen atoms in total. The molecule has 0 radical (unpaired) electrons. The molecule has 0 aliphatic carbocycles. The molecule has 146 valence electrons. The second-order valence-electron chi connectivity index (χ2n) is 7.33. The number of anilines is 1. The van der Waals surface area contributed by atoms with E-state index in [-0.39, 0.29) is 30.8 Å². The normalized spacial score (nSPS) is 17.8. The summed E-state index contributed by atoms with van der Waals surface area (Å²) in [5.41, 5.74) is 3.01. The predicted octanol–water partition coefficient (Wildman–Crippen LogP) is 3.15. The zero-order valence-corrected chi connectivity index (χ0v) is 17.1. The van der Waals surface area contributed by atoms with E-state index in [4.69, 9.17) is 0 Å². The van der Waals surface area contributed by atoms with Crippen molar-refractivity contribution in [2.24, 2.45) is 11.8 Å². The average Bonchev–Trinajstić information content (AvgIpc) is 2.59. The van der Waals surface area contributed by atoms with Gasteiger partial charge in [0.2, 0.25) is 11.8 Å². The van der Waals surface area contributed by atoms with Crippen molar-refractivity contribution < 1.29 is 9.59 Å². The number of benzene rings is 1. The topological polar surface area (TPSA) is 61.4 Å². The molecule has 6 heteroatoms. The number of amides is 2. The van der Waals surface area contributed by atoms with Crippen LogP contribution in [-0.2, 0) is 9.59 Å². The van der Waals surface area contributed by atoms with E-state index >= 15 is 0 Å². The van der Waals surface area contributed by atoms with E-state index in [1.165, 1.54) is 17.7 Å². The predicted molar refractivity (Wildman–Crippen MR) is 109 cm³/mol. The Morgan fingerprint density at radius 3 is 2.73 bits per heavy atom. The lowest BCUT2D eigenvalue weighted by atomic mass is 9.85. The summed E-state index contributed by atoms with van der Waals surface area (Å²) in [5.74, 6) is 0.769. The first-order chi connectivity index (χ1) is 11.9. The third-order valence-corrected chi connectivity index (χ3v) is 5.32. The number of carbonyl (C=O) groups excluding carboxylic acids is 2. The van der Waals surface area contributed by atoms with Gasteiger partial charge >= 0.3 is 0 Å². The van der Waals surface area contributed by atoms with Gasteiger partial charge in [-0.25, -0.2) is 0 Å². The number of aryl methyl sites for hydroxylation is 1. The Hall–Kier alpha value is -1.59. The first-order valence-corrected chi connectivity index (χ1v) is 9.19. The second kappa shape index (κ2) is 10.5. The maximum Gasteiger partial charge on any atom is 0.243 e. The van der Waals surface area contributed by atoms with Gasteiger partial charge in [-0.1, -0.05) is 19.1 Å². The summed E-state index contributed by atoms with van der Waals surface area (Å²) in [6.07, 6.45) is 2.86. The molecule has 0 saturated carbocycles. The van der Waals surface area contributed by atoms with Crippen molar-refractivity contribution in [3.8, 4) is 0 Å². The van der Waals surface area contributed by atoms with Crippen LogP contribution in [0.25, 0.3) is 0 Å². The van der Waals surface area contributed by atoms with E-state index in [1.54, 1.807) is 7.05 Å². The maximum absolute atomic E-state index is 12.4. The Labute approximate surface area is 163 Å². The molecule has 1 saturated heterocycles. The monoisotopic (exact) mass is 381 g/mol. The fourth-order valence-electron chi connectivity index (χ4n) is 3.34. The molecule has 0 bridgehead atoms. The van der Waals surface area contributed by atoms with Gasteiger partial charge in [0, 0.05) is 19.2 Å². The van der Waals surface area contributed by atoms with E-state index in [9.17, 15) is 9.59 Å². The smallest absolute Gasteiger partial charge is 0.243 e. The number of piperidine rings is 1. The van der Waals surface area contributed by atoms with Crippen LogP contribution in [0.2, 0.25) is 0 Å². The van der Waals surface area contributed by atoms with Crippen LogP contribution in [0.3, 0.4) is 0 Å². The van der Waals surface area contributed by atoms with Gasteiger partial charge in [-0.3, -0.25) is 9.59 Å². The van der Waals surface area contributed by atoms with E-state index in [0.717, 1.165) is 29.9 Å². The molecule has 1 aliphatic heterocycles. The molecule has 0 spiro atoms. The van der Waals surface area contributed by atoms with E-state index < -0.39 is 0 Å². The maximum atomic E-state index is 12.4. The van der Waals surface area contributed by atoms with E-state index in [0.29, 0.717) is 18.3 Å². The zero-order chi connectivity index (χ0) is 18.4. The summed E-state index contributed by atoms with van der Waals surface area (Å²) in [6, 6.07) is 5.83. The van der Waals surface area contributed by atoms with Crippen LogP contribution >= 0.6 is 12.4 Å². The first-order valence-electron chi connectivity index (χ1n) is 9.19. The van der Waals surface area contributed by atoms with Crippen molar-refractivity contribution >= 4 is 29.9 Å². The lowest BCUT2D eigenvalue weighted by Gasteiger charge is -2.29. The molecule has 0 aromatic heterocycles. The molecule has 1 heterocycles. The highest BCUT2D eigenvalue weighted by molar-refractivity contribution is 5.95. The zero-order valence-electron chi connectivity index (χ0n) is 16.3. The van der Waals surface area contributed by atoms with Crippen LogP contribution in [-0.4, -0.2) is 43.4 Å². The number of likely N-dealkylation sites (N-methyl/N-ethyl adjacent to an activating group) is 1. The van der Waals surface area contributed by atoms with E-state index in [2.05, 4.69) is 17.6 Å². The number of nitrogens with zero attached hydrogens (tertiary/aromatic N) is 1. The van der Waals surface area contributed by atoms with Crippen molar-refractivity contribution in [2.75, 3.05) is 32.0 Å². The van der Waals surface area contributed by atoms with Crippen LogP contribution in [0.4, 0.5) is 5.69 Å². The molecular weight excluding hydrogens is 350 g/mol. The summed E-state index contributed by atoms with van der Waals surface area (Å²) in [5, 5.41) is 6.31. The van der Waals surface area contributed by atoms with Gasteiger partial charge < -0.3 is 15.5 Å². The minimum atomic E-state index is -0.156. The Morgan fingerprint density at radius 1 is 1.35 bits per heavy atom. The fraction of sp³-hybridized carbons (Fsp3) is 0.600. The van der Waals surface area contributed by atoms with Gasteiger partial charge in [0.05, 0.1) is 6.54 Å². The fourth-order valence-corrected chi connectivity index (χ4v) is 3.34. The van der Waals surface area contributed by atoms with Gasteiger partial charge in [-0.2, -0.15) is 0 Å². The number of halogens is 1. The molecule has 2 rings (SSSR count). The molecule has 2 atom stereocenters. The number of hydrogen-bond donors (Lipinski definition) is 2. The van der Waals surface area contributed by atoms with Crippen molar-refractivity contribution in [1.82, 2.24) is 10.2 Å². The number of rotatable bonds is 6. The summed E-state index contributed by atoms with van der Waals surface area (Å²) in [7, 11) is 1.71. The van der Waals surface area contributed by atoms with Gasteiger partial charge in [-0.15, -0.1) is 12.4 Å². The molecule has 26 heavy (non-hydrogen) atoms. The molecule has 1 fully saturated rings. The summed E-state index contributed by atoms with van der Waals surface area (Å²) >= 11 is 0.